The summed E-state index contributed by atoms with van der Waals surface area (Å²) in [6.07, 6.45) is 0. The third-order valence-corrected chi connectivity index (χ3v) is 14.5. The van der Waals surface area contributed by atoms with Crippen LogP contribution in [0.15, 0.2) is 72.8 Å². The van der Waals surface area contributed by atoms with Gasteiger partial charge in [-0.3, -0.25) is 0 Å². The number of fused-ring (bicyclic) bond motifs is 7. The molecule has 9 heteroatoms. The molecule has 0 bridgehead atoms. The van der Waals surface area contributed by atoms with Gasteiger partial charge in [-0.05, 0) is 0 Å². The van der Waals surface area contributed by atoms with Crippen LogP contribution in [-0.4, -0.2) is 37.9 Å². The Kier molecular flexibility index (Phi) is 4.51. The molecule has 0 saturated carbocycles. The molecule has 9 aromatic rings. The van der Waals surface area contributed by atoms with Crippen molar-refractivity contribution in [3.8, 4) is 20.9 Å². The van der Waals surface area contributed by atoms with Gasteiger partial charge in [0.1, 0.15) is 0 Å². The molecule has 0 saturated heterocycles. The van der Waals surface area contributed by atoms with E-state index in [-0.39, 0.29) is 0 Å². The van der Waals surface area contributed by atoms with Crippen molar-refractivity contribution in [2.75, 3.05) is 0 Å². The van der Waals surface area contributed by atoms with E-state index < -0.39 is 20.4 Å². The van der Waals surface area contributed by atoms with Crippen molar-refractivity contribution < 1.29 is 0 Å². The normalized spacial score (nSPS) is 12.3. The van der Waals surface area contributed by atoms with Crippen LogP contribution < -0.4 is 0 Å². The number of hydrogen-bond acceptors (Lipinski definition) is 8. The van der Waals surface area contributed by atoms with Crippen molar-refractivity contribution in [2.24, 2.45) is 0 Å². The predicted octanol–water partition coefficient (Wildman–Crippen LogP) is 8.82. The molecule has 0 spiro atoms. The summed E-state index contributed by atoms with van der Waals surface area (Å²) < 4.78 is 23.1. The van der Waals surface area contributed by atoms with Gasteiger partial charge in [0.2, 0.25) is 0 Å². The van der Waals surface area contributed by atoms with Gasteiger partial charge in [0.15, 0.2) is 0 Å². The molecule has 0 aliphatic rings. The molecule has 4 nitrogen and oxygen atoms in total. The fourth-order valence-electron chi connectivity index (χ4n) is 5.27. The Hall–Kier alpha value is -2.77. The van der Waals surface area contributed by atoms with Crippen LogP contribution in [0.3, 0.4) is 0 Å². The number of nitrogens with zero attached hydrogens (tertiary/aromatic N) is 4. The van der Waals surface area contributed by atoms with Crippen LogP contribution in [0.4, 0.5) is 0 Å². The fraction of sp³-hybridized carbons (Fsp3) is 0. The van der Waals surface area contributed by atoms with E-state index in [1.807, 2.05) is 22.7 Å². The van der Waals surface area contributed by atoms with Gasteiger partial charge in [-0.25, -0.2) is 0 Å². The van der Waals surface area contributed by atoms with E-state index in [1.54, 1.807) is 6.12 Å². The number of benzene rings is 4. The van der Waals surface area contributed by atoms with Crippen LogP contribution in [0, 0.1) is 0 Å². The second-order valence-corrected chi connectivity index (χ2v) is 15.9. The van der Waals surface area contributed by atoms with Crippen LogP contribution in [0.1, 0.15) is 0 Å². The molecule has 0 atom stereocenters. The standard InChI is InChI=1S/C28H12N4S4Te/c1-3-7-15-13(5-1)9-18-25(31-35-29-18)23(15)20-11-17-27-22(37-28(17)34-20)12-21(33-27)24-16-8-4-2-6-14(16)10-19-26(24)32-36-30-19/h1-12H. The summed E-state index contributed by atoms with van der Waals surface area (Å²) in [4.78, 5) is 2.61. The van der Waals surface area contributed by atoms with Gasteiger partial charge >= 0.3 is 238 Å². The Morgan fingerprint density at radius 3 is 1.81 bits per heavy atom. The van der Waals surface area contributed by atoms with Gasteiger partial charge in [-0.1, -0.05) is 0 Å². The average molecular weight is 660 g/mol. The van der Waals surface area contributed by atoms with Gasteiger partial charge in [0.05, 0.1) is 0 Å². The van der Waals surface area contributed by atoms with E-state index in [0.29, 0.717) is 0 Å². The monoisotopic (exact) mass is 662 g/mol. The van der Waals surface area contributed by atoms with Gasteiger partial charge in [-0.15, -0.1) is 0 Å². The van der Waals surface area contributed by atoms with Crippen molar-refractivity contribution >= 4 is 126 Å². The van der Waals surface area contributed by atoms with Crippen LogP contribution >= 0.6 is 46.1 Å². The quantitative estimate of drug-likeness (QED) is 0.174. The zero-order chi connectivity index (χ0) is 24.1. The summed E-state index contributed by atoms with van der Waals surface area (Å²) in [7, 11) is 0. The van der Waals surface area contributed by atoms with Gasteiger partial charge in [0.25, 0.3) is 0 Å². The van der Waals surface area contributed by atoms with Crippen LogP contribution in [0.2, 0.25) is 0 Å². The molecule has 0 N–H and O–H groups in total. The Labute approximate surface area is 235 Å². The van der Waals surface area contributed by atoms with Gasteiger partial charge in [-0.2, -0.15) is 0 Å². The summed E-state index contributed by atoms with van der Waals surface area (Å²) in [5.41, 5.74) is 6.47. The minimum absolute atomic E-state index is 0.449. The maximum absolute atomic E-state index is 4.71. The summed E-state index contributed by atoms with van der Waals surface area (Å²) in [6.45, 7) is 0. The molecule has 0 aliphatic heterocycles. The molecular formula is C28H12N4S4Te. The van der Waals surface area contributed by atoms with Crippen molar-refractivity contribution in [3.05, 3.63) is 72.8 Å². The molecule has 0 radical (unpaired) electrons. The molecule has 5 heterocycles. The second-order valence-electron chi connectivity index (χ2n) is 8.93. The number of hydrogen-bond donors (Lipinski definition) is 0. The van der Waals surface area contributed by atoms with Crippen LogP contribution in [0.25, 0.3) is 80.7 Å². The van der Waals surface area contributed by atoms with E-state index in [0.717, 1.165) is 22.1 Å². The Morgan fingerprint density at radius 1 is 0.568 bits per heavy atom. The zero-order valence-corrected chi connectivity index (χ0v) is 24.4. The fourth-order valence-corrected chi connectivity index (χ4v) is 13.8. The third kappa shape index (κ3) is 3.04. The molecule has 0 fully saturated rings. The van der Waals surface area contributed by atoms with E-state index in [2.05, 4.69) is 81.5 Å². The van der Waals surface area contributed by atoms with E-state index in [4.69, 9.17) is 8.75 Å². The van der Waals surface area contributed by atoms with E-state index in [1.165, 1.54) is 76.0 Å². The first-order valence-corrected chi connectivity index (χ1v) is 17.0. The summed E-state index contributed by atoms with van der Waals surface area (Å²) >= 11 is 6.03. The molecule has 174 valence electrons. The summed E-state index contributed by atoms with van der Waals surface area (Å²) in [6, 6.07) is 26.4. The Bertz CT molecular complexity index is 2170. The Balaban J connectivity index is 1.30. The first-order chi connectivity index (χ1) is 18.3. The second kappa shape index (κ2) is 7.87. The van der Waals surface area contributed by atoms with E-state index >= 15 is 0 Å². The van der Waals surface area contributed by atoms with Crippen molar-refractivity contribution in [1.29, 1.82) is 0 Å². The molecular weight excluding hydrogens is 648 g/mol. The molecule has 4 aromatic carbocycles. The minimum atomic E-state index is -0.449. The van der Waals surface area contributed by atoms with Gasteiger partial charge < -0.3 is 0 Å². The molecule has 37 heavy (non-hydrogen) atoms. The van der Waals surface area contributed by atoms with Crippen LogP contribution in [0.5, 0.6) is 0 Å². The summed E-state index contributed by atoms with van der Waals surface area (Å²) in [5, 5.41) is 6.37. The molecule has 0 unspecified atom stereocenters. The first kappa shape index (κ1) is 21.2. The Morgan fingerprint density at radius 2 is 1.16 bits per heavy atom. The van der Waals surface area contributed by atoms with Crippen LogP contribution in [-0.2, 0) is 0 Å². The molecule has 0 aliphatic carbocycles. The molecule has 0 amide bonds. The number of thiophene rings is 2. The SMILES string of the molecule is c1ccc2c(-c3cc4c(s3)[te]c3cc(-c5c6ccccc6cc6nsnc56)sc34)c3nsnc3cc2c1. The number of aromatic nitrogens is 4. The topological polar surface area (TPSA) is 51.6 Å². The van der Waals surface area contributed by atoms with Crippen molar-refractivity contribution in [1.82, 2.24) is 17.5 Å². The number of rotatable bonds is 2. The van der Waals surface area contributed by atoms with Crippen molar-refractivity contribution in [2.45, 2.75) is 0 Å². The first-order valence-electron chi connectivity index (χ1n) is 11.6. The predicted molar refractivity (Wildman–Crippen MR) is 162 cm³/mol. The van der Waals surface area contributed by atoms with Crippen molar-refractivity contribution in [3.63, 3.8) is 0 Å². The van der Waals surface area contributed by atoms with E-state index in [9.17, 15) is 0 Å². The molecule has 5 aromatic heterocycles. The average Bonchev–Trinajstić information content (AvgIpc) is 3.73. The zero-order valence-electron chi connectivity index (χ0n) is 18.8. The summed E-state index contributed by atoms with van der Waals surface area (Å²) in [5.74, 6) is 0. The molecule has 9 rings (SSSR count). The maximum atomic E-state index is 4.71. The van der Waals surface area contributed by atoms with Gasteiger partial charge in [0, 0.05) is 0 Å². The third-order valence-electron chi connectivity index (χ3n) is 6.88.